The Labute approximate surface area is 89.7 Å². The molecular weight excluding hydrogens is 251 g/mol. The third kappa shape index (κ3) is 2.48. The molecule has 66 valence electrons. The lowest BCUT2D eigenvalue weighted by Gasteiger charge is -2.01. The molecule has 2 N–H and O–H groups in total. The van der Waals surface area contributed by atoms with Crippen LogP contribution in [0.3, 0.4) is 0 Å². The highest BCUT2D eigenvalue weighted by molar-refractivity contribution is 9.10. The van der Waals surface area contributed by atoms with Crippen LogP contribution in [0.1, 0.15) is 5.56 Å². The molecule has 2 nitrogen and oxygen atoms in total. The summed E-state index contributed by atoms with van der Waals surface area (Å²) in [5.74, 6) is 0. The molecule has 0 bridgehead atoms. The maximum Gasteiger partial charge on any atom is 0.0933 e. The van der Waals surface area contributed by atoms with Gasteiger partial charge >= 0.3 is 0 Å². The van der Waals surface area contributed by atoms with E-state index in [4.69, 9.17) is 22.6 Å². The lowest BCUT2D eigenvalue weighted by Crippen LogP contribution is -1.95. The van der Waals surface area contributed by atoms with E-state index in [1.54, 1.807) is 18.2 Å². The van der Waals surface area contributed by atoms with Gasteiger partial charge in [-0.2, -0.15) is 5.26 Å². The first-order chi connectivity index (χ1) is 6.15. The maximum atomic E-state index is 8.37. The number of rotatable bonds is 1. The second-order valence-corrected chi connectivity index (χ2v) is 3.62. The van der Waals surface area contributed by atoms with Gasteiger partial charge < -0.3 is 5.73 Å². The van der Waals surface area contributed by atoms with Crippen LogP contribution in [-0.2, 0) is 0 Å². The highest BCUT2D eigenvalue weighted by Gasteiger charge is 2.00. The van der Waals surface area contributed by atoms with E-state index in [1.165, 1.54) is 6.08 Å². The van der Waals surface area contributed by atoms with Gasteiger partial charge in [-0.1, -0.05) is 17.7 Å². The van der Waals surface area contributed by atoms with Crippen LogP contribution in [0.4, 0.5) is 0 Å². The largest absolute Gasteiger partial charge is 0.398 e. The van der Waals surface area contributed by atoms with Gasteiger partial charge in [-0.15, -0.1) is 0 Å². The predicted molar refractivity (Wildman–Crippen MR) is 56.9 cm³/mol. The molecule has 0 radical (unpaired) electrons. The average Bonchev–Trinajstić information content (AvgIpc) is 2.10. The predicted octanol–water partition coefficient (Wildman–Crippen LogP) is 2.93. The van der Waals surface area contributed by atoms with Crippen LogP contribution >= 0.6 is 27.5 Å². The van der Waals surface area contributed by atoms with Gasteiger partial charge in [-0.3, -0.25) is 0 Å². The number of nitriles is 1. The summed E-state index contributed by atoms with van der Waals surface area (Å²) >= 11 is 9.11. The first kappa shape index (κ1) is 10.1. The number of hydrogen-bond acceptors (Lipinski definition) is 2. The summed E-state index contributed by atoms with van der Waals surface area (Å²) in [7, 11) is 0. The zero-order chi connectivity index (χ0) is 9.84. The van der Waals surface area contributed by atoms with Crippen molar-refractivity contribution in [1.29, 1.82) is 5.26 Å². The van der Waals surface area contributed by atoms with Crippen LogP contribution in [0.2, 0.25) is 5.02 Å². The molecule has 0 heterocycles. The van der Waals surface area contributed by atoms with Crippen LogP contribution in [0, 0.1) is 11.3 Å². The highest BCUT2D eigenvalue weighted by Crippen LogP contribution is 2.24. The number of nitrogens with zero attached hydrogens (tertiary/aromatic N) is 1. The standard InChI is InChI=1S/C9H6BrClN2/c10-7-2-1-6(5-8(7)11)9(13)3-4-12/h1-3,5H,13H2/b9-3+. The van der Waals surface area contributed by atoms with E-state index in [2.05, 4.69) is 15.9 Å². The molecule has 1 aromatic carbocycles. The van der Waals surface area contributed by atoms with Gasteiger partial charge in [0.1, 0.15) is 0 Å². The van der Waals surface area contributed by atoms with E-state index in [0.29, 0.717) is 10.7 Å². The van der Waals surface area contributed by atoms with E-state index in [1.807, 2.05) is 6.07 Å². The van der Waals surface area contributed by atoms with Gasteiger partial charge in [-0.05, 0) is 33.6 Å². The molecule has 0 atom stereocenters. The Kier molecular flexibility index (Phi) is 3.35. The molecule has 0 unspecified atom stereocenters. The third-order valence-electron chi connectivity index (χ3n) is 1.47. The van der Waals surface area contributed by atoms with Crippen LogP contribution in [0.15, 0.2) is 28.7 Å². The fourth-order valence-electron chi connectivity index (χ4n) is 0.829. The first-order valence-corrected chi connectivity index (χ1v) is 4.63. The number of hydrogen-bond donors (Lipinski definition) is 1. The maximum absolute atomic E-state index is 8.37. The molecule has 0 aliphatic heterocycles. The van der Waals surface area contributed by atoms with Crippen LogP contribution in [-0.4, -0.2) is 0 Å². The molecule has 4 heteroatoms. The van der Waals surface area contributed by atoms with Crippen molar-refractivity contribution >= 4 is 33.2 Å². The minimum atomic E-state index is 0.414. The molecule has 1 aromatic rings. The van der Waals surface area contributed by atoms with Gasteiger partial charge in [0, 0.05) is 16.2 Å². The molecule has 0 spiro atoms. The molecule has 0 saturated heterocycles. The van der Waals surface area contributed by atoms with Crippen molar-refractivity contribution < 1.29 is 0 Å². The average molecular weight is 258 g/mol. The van der Waals surface area contributed by atoms with E-state index < -0.39 is 0 Å². The Morgan fingerprint density at radius 1 is 1.62 bits per heavy atom. The summed E-state index contributed by atoms with van der Waals surface area (Å²) in [5, 5.41) is 8.95. The minimum Gasteiger partial charge on any atom is -0.398 e. The molecule has 0 aliphatic rings. The quantitative estimate of drug-likeness (QED) is 0.787. The van der Waals surface area contributed by atoms with Crippen LogP contribution < -0.4 is 5.73 Å². The fraction of sp³-hybridized carbons (Fsp3) is 0. The molecule has 1 rings (SSSR count). The lowest BCUT2D eigenvalue weighted by atomic mass is 10.1. The highest BCUT2D eigenvalue weighted by atomic mass is 79.9. The number of benzene rings is 1. The summed E-state index contributed by atoms with van der Waals surface area (Å²) in [6.07, 6.45) is 1.28. The fourth-order valence-corrected chi connectivity index (χ4v) is 1.26. The second-order valence-electron chi connectivity index (χ2n) is 2.36. The Balaban J connectivity index is 3.13. The molecule has 0 amide bonds. The van der Waals surface area contributed by atoms with Gasteiger partial charge in [0.15, 0.2) is 0 Å². The van der Waals surface area contributed by atoms with Gasteiger partial charge in [0.2, 0.25) is 0 Å². The van der Waals surface area contributed by atoms with Crippen molar-refractivity contribution in [3.8, 4) is 6.07 Å². The Hall–Kier alpha value is -0.980. The van der Waals surface area contributed by atoms with Crippen molar-refractivity contribution in [3.63, 3.8) is 0 Å². The number of nitrogens with two attached hydrogens (primary N) is 1. The van der Waals surface area contributed by atoms with Gasteiger partial charge in [0.25, 0.3) is 0 Å². The van der Waals surface area contributed by atoms with E-state index in [-0.39, 0.29) is 0 Å². The van der Waals surface area contributed by atoms with Crippen LogP contribution in [0.5, 0.6) is 0 Å². The first-order valence-electron chi connectivity index (χ1n) is 3.46. The van der Waals surface area contributed by atoms with Crippen LogP contribution in [0.25, 0.3) is 5.70 Å². The summed E-state index contributed by atoms with van der Waals surface area (Å²) < 4.78 is 0.808. The van der Waals surface area contributed by atoms with E-state index in [0.717, 1.165) is 10.0 Å². The second kappa shape index (κ2) is 4.31. The van der Waals surface area contributed by atoms with E-state index >= 15 is 0 Å². The van der Waals surface area contributed by atoms with Crippen molar-refractivity contribution in [2.75, 3.05) is 0 Å². The molecular formula is C9H6BrClN2. The Morgan fingerprint density at radius 2 is 2.31 bits per heavy atom. The van der Waals surface area contributed by atoms with Gasteiger partial charge in [0.05, 0.1) is 11.1 Å². The number of allylic oxidation sites excluding steroid dienone is 1. The Bertz CT molecular complexity index is 393. The van der Waals surface area contributed by atoms with Crippen molar-refractivity contribution in [2.45, 2.75) is 0 Å². The Morgan fingerprint density at radius 3 is 2.85 bits per heavy atom. The SMILES string of the molecule is N#C/C=C(/N)c1ccc(Br)c(Cl)c1. The monoisotopic (exact) mass is 256 g/mol. The summed E-state index contributed by atoms with van der Waals surface area (Å²) in [6, 6.07) is 7.14. The van der Waals surface area contributed by atoms with Crippen molar-refractivity contribution in [3.05, 3.63) is 39.3 Å². The summed E-state index contributed by atoms with van der Waals surface area (Å²) in [4.78, 5) is 0. The molecule has 0 saturated carbocycles. The molecule has 0 aliphatic carbocycles. The summed E-state index contributed by atoms with van der Waals surface area (Å²) in [5.41, 5.74) is 6.75. The zero-order valence-corrected chi connectivity index (χ0v) is 8.93. The minimum absolute atomic E-state index is 0.414. The topological polar surface area (TPSA) is 49.8 Å². The third-order valence-corrected chi connectivity index (χ3v) is 2.71. The molecule has 13 heavy (non-hydrogen) atoms. The summed E-state index contributed by atoms with van der Waals surface area (Å²) in [6.45, 7) is 0. The van der Waals surface area contributed by atoms with Gasteiger partial charge in [-0.25, -0.2) is 0 Å². The van der Waals surface area contributed by atoms with Crippen molar-refractivity contribution in [2.24, 2.45) is 5.73 Å². The van der Waals surface area contributed by atoms with Crippen molar-refractivity contribution in [1.82, 2.24) is 0 Å². The van der Waals surface area contributed by atoms with E-state index in [9.17, 15) is 0 Å². The molecule has 0 aromatic heterocycles. The normalized spacial score (nSPS) is 11.0. The smallest absolute Gasteiger partial charge is 0.0933 e. The zero-order valence-electron chi connectivity index (χ0n) is 6.59. The lowest BCUT2D eigenvalue weighted by molar-refractivity contribution is 1.48. The molecule has 0 fully saturated rings. The number of halogens is 2.